The molecule has 1 aliphatic heterocycles. The van der Waals surface area contributed by atoms with Gasteiger partial charge in [-0.3, -0.25) is 10.1 Å². The van der Waals surface area contributed by atoms with Crippen LogP contribution >= 0.6 is 11.3 Å². The van der Waals surface area contributed by atoms with E-state index in [1.165, 1.54) is 0 Å². The van der Waals surface area contributed by atoms with Crippen molar-refractivity contribution >= 4 is 23.2 Å². The molecule has 200 valence electrons. The summed E-state index contributed by atoms with van der Waals surface area (Å²) in [6.45, 7) is 15.1. The molecule has 0 radical (unpaired) electrons. The third-order valence-electron chi connectivity index (χ3n) is 7.75. The third-order valence-corrected chi connectivity index (χ3v) is 8.55. The highest BCUT2D eigenvalue weighted by atomic mass is 32.1. The van der Waals surface area contributed by atoms with Gasteiger partial charge in [0, 0.05) is 16.7 Å². The topological polar surface area (TPSA) is 115 Å². The molecule has 8 heteroatoms. The molecular formula is C27H46N2O5S. The zero-order valence-electron chi connectivity index (χ0n) is 22.7. The van der Waals surface area contributed by atoms with E-state index in [0.717, 1.165) is 35.5 Å². The van der Waals surface area contributed by atoms with Gasteiger partial charge in [0.25, 0.3) is 0 Å². The van der Waals surface area contributed by atoms with Crippen LogP contribution < -0.4 is 5.32 Å². The van der Waals surface area contributed by atoms with Crippen LogP contribution in [-0.4, -0.2) is 62.8 Å². The molecular weight excluding hydrogens is 464 g/mol. The van der Waals surface area contributed by atoms with Gasteiger partial charge in [0.1, 0.15) is 11.9 Å². The summed E-state index contributed by atoms with van der Waals surface area (Å²) in [5.74, 6) is -0.688. The smallest absolute Gasteiger partial charge is 0.146 e. The van der Waals surface area contributed by atoms with E-state index in [9.17, 15) is 20.1 Å². The van der Waals surface area contributed by atoms with Crippen molar-refractivity contribution in [2.24, 2.45) is 17.3 Å². The lowest BCUT2D eigenvalue weighted by Gasteiger charge is -2.34. The van der Waals surface area contributed by atoms with Gasteiger partial charge < -0.3 is 20.1 Å². The fraction of sp³-hybridized carbons (Fsp3) is 0.778. The van der Waals surface area contributed by atoms with Crippen LogP contribution in [0.4, 0.5) is 0 Å². The van der Waals surface area contributed by atoms with Crippen LogP contribution in [0, 0.1) is 24.2 Å². The van der Waals surface area contributed by atoms with E-state index in [-0.39, 0.29) is 36.2 Å². The van der Waals surface area contributed by atoms with E-state index in [2.05, 4.69) is 17.2 Å². The molecule has 7 nitrogen and oxygen atoms in total. The average Bonchev–Trinajstić information content (AvgIpc) is 3.30. The van der Waals surface area contributed by atoms with Gasteiger partial charge >= 0.3 is 0 Å². The molecule has 0 bridgehead atoms. The second-order valence-corrected chi connectivity index (χ2v) is 12.1. The summed E-state index contributed by atoms with van der Waals surface area (Å²) in [6.07, 6.45) is 3.45. The zero-order valence-corrected chi connectivity index (χ0v) is 23.5. The fourth-order valence-electron chi connectivity index (χ4n) is 5.11. The Labute approximate surface area is 215 Å². The normalized spacial score (nSPS) is 25.1. The highest BCUT2D eigenvalue weighted by Crippen LogP contribution is 2.45. The molecule has 0 aliphatic carbocycles. The Morgan fingerprint density at radius 2 is 2.03 bits per heavy atom. The number of aryl methyl sites for hydroxylation is 1. The van der Waals surface area contributed by atoms with Crippen LogP contribution in [0.1, 0.15) is 84.9 Å². The van der Waals surface area contributed by atoms with Crippen molar-refractivity contribution < 1.29 is 24.9 Å². The number of Topliss-reactive ketones (excluding diaryl/α,β-unsaturated/α-hetero) is 1. The first-order valence-electron chi connectivity index (χ1n) is 12.8. The Morgan fingerprint density at radius 3 is 2.57 bits per heavy atom. The maximum absolute atomic E-state index is 13.0. The number of epoxide rings is 1. The number of aliphatic hydroxyl groups excluding tert-OH is 3. The van der Waals surface area contributed by atoms with Gasteiger partial charge in [-0.25, -0.2) is 4.98 Å². The van der Waals surface area contributed by atoms with Crippen molar-refractivity contribution in [1.29, 1.82) is 0 Å². The predicted molar refractivity (Wildman–Crippen MR) is 141 cm³/mol. The first-order chi connectivity index (χ1) is 16.3. The van der Waals surface area contributed by atoms with Gasteiger partial charge in [0.15, 0.2) is 0 Å². The number of ether oxygens (including phenoxy) is 1. The lowest BCUT2D eigenvalue weighted by Crippen LogP contribution is -2.44. The Hall–Kier alpha value is -1.16. The van der Waals surface area contributed by atoms with Gasteiger partial charge in [-0.1, -0.05) is 46.6 Å². The van der Waals surface area contributed by atoms with Gasteiger partial charge in [0.2, 0.25) is 0 Å². The molecule has 4 N–H and O–H groups in total. The second kappa shape index (κ2) is 12.4. The molecule has 1 aromatic rings. The number of aromatic nitrogens is 1. The van der Waals surface area contributed by atoms with Crippen molar-refractivity contribution in [2.45, 2.75) is 111 Å². The molecule has 0 aromatic carbocycles. The minimum absolute atomic E-state index is 0.0507. The molecule has 35 heavy (non-hydrogen) atoms. The van der Waals surface area contributed by atoms with Gasteiger partial charge in [0.05, 0.1) is 41.3 Å². The van der Waals surface area contributed by atoms with E-state index < -0.39 is 23.5 Å². The van der Waals surface area contributed by atoms with Crippen LogP contribution in [0.5, 0.6) is 0 Å². The number of rotatable bonds is 15. The standard InChI is InChI=1S/C27H46N2O5S/c1-9-21(31)26(6,7)24(33)18(4)23(32)16(2)11-10-12-27(8)25(34-27)22(28-15-30)17(3)13-20-14-35-19(5)29-20/h13-14,16,18,21-23,25,28,30-32H,9-12,15H2,1-8H3/b17-13+. The Kier molecular flexibility index (Phi) is 10.6. The van der Waals surface area contributed by atoms with Gasteiger partial charge in [-0.2, -0.15) is 0 Å². The number of nitrogens with one attached hydrogen (secondary N) is 1. The largest absolute Gasteiger partial charge is 0.392 e. The van der Waals surface area contributed by atoms with E-state index in [1.54, 1.807) is 32.1 Å². The zero-order chi connectivity index (χ0) is 26.6. The number of thiazole rings is 1. The summed E-state index contributed by atoms with van der Waals surface area (Å²) in [5.41, 5.74) is 0.790. The number of carbonyl (C=O) groups excluding carboxylic acids is 1. The predicted octanol–water partition coefficient (Wildman–Crippen LogP) is 4.09. The van der Waals surface area contributed by atoms with Crippen molar-refractivity contribution in [1.82, 2.24) is 10.3 Å². The molecule has 1 fully saturated rings. The number of ketones is 1. The third kappa shape index (κ3) is 7.43. The molecule has 7 atom stereocenters. The number of carbonyl (C=O) groups is 1. The summed E-state index contributed by atoms with van der Waals surface area (Å²) < 4.78 is 6.12. The monoisotopic (exact) mass is 510 g/mol. The van der Waals surface area contributed by atoms with Crippen molar-refractivity contribution in [3.63, 3.8) is 0 Å². The summed E-state index contributed by atoms with van der Waals surface area (Å²) >= 11 is 1.61. The van der Waals surface area contributed by atoms with E-state index in [1.807, 2.05) is 39.2 Å². The summed E-state index contributed by atoms with van der Waals surface area (Å²) in [4.78, 5) is 17.5. The van der Waals surface area contributed by atoms with Crippen LogP contribution in [-0.2, 0) is 9.53 Å². The lowest BCUT2D eigenvalue weighted by atomic mass is 9.73. The summed E-state index contributed by atoms with van der Waals surface area (Å²) in [7, 11) is 0. The SMILES string of the molecule is CCC(O)C(C)(C)C(=O)C(C)C(O)C(C)CCCC1(C)OC1C(NCO)/C(C)=C/c1csc(C)n1. The maximum Gasteiger partial charge on any atom is 0.146 e. The van der Waals surface area contributed by atoms with Crippen LogP contribution in [0.25, 0.3) is 6.08 Å². The van der Waals surface area contributed by atoms with Crippen molar-refractivity contribution in [3.8, 4) is 0 Å². The molecule has 1 saturated heterocycles. The molecule has 0 spiro atoms. The minimum atomic E-state index is -0.880. The summed E-state index contributed by atoms with van der Waals surface area (Å²) in [5, 5.41) is 36.8. The van der Waals surface area contributed by atoms with E-state index in [4.69, 9.17) is 4.74 Å². The van der Waals surface area contributed by atoms with E-state index >= 15 is 0 Å². The van der Waals surface area contributed by atoms with Crippen molar-refractivity contribution in [2.75, 3.05) is 6.73 Å². The quantitative estimate of drug-likeness (QED) is 0.207. The molecule has 1 aromatic heterocycles. The highest BCUT2D eigenvalue weighted by molar-refractivity contribution is 7.09. The Balaban J connectivity index is 1.91. The molecule has 1 aliphatic rings. The highest BCUT2D eigenvalue weighted by Gasteiger charge is 2.55. The number of hydrogen-bond acceptors (Lipinski definition) is 8. The Morgan fingerprint density at radius 1 is 1.37 bits per heavy atom. The second-order valence-electron chi connectivity index (χ2n) is 11.0. The van der Waals surface area contributed by atoms with Crippen LogP contribution in [0.2, 0.25) is 0 Å². The van der Waals surface area contributed by atoms with Crippen LogP contribution in [0.3, 0.4) is 0 Å². The molecule has 0 saturated carbocycles. The first kappa shape index (κ1) is 30.1. The van der Waals surface area contributed by atoms with Gasteiger partial charge in [-0.05, 0) is 52.0 Å². The minimum Gasteiger partial charge on any atom is -0.392 e. The number of hydrogen-bond donors (Lipinski definition) is 4. The fourth-order valence-corrected chi connectivity index (χ4v) is 5.68. The lowest BCUT2D eigenvalue weighted by molar-refractivity contribution is -0.141. The number of aliphatic hydroxyl groups is 3. The average molecular weight is 511 g/mol. The molecule has 2 rings (SSSR count). The molecule has 7 unspecified atom stereocenters. The molecule has 0 amide bonds. The van der Waals surface area contributed by atoms with Gasteiger partial charge in [-0.15, -0.1) is 11.3 Å². The summed E-state index contributed by atoms with van der Waals surface area (Å²) in [6, 6.07) is -0.111. The van der Waals surface area contributed by atoms with Crippen LogP contribution in [0.15, 0.2) is 11.0 Å². The van der Waals surface area contributed by atoms with Crippen molar-refractivity contribution in [3.05, 3.63) is 21.7 Å². The molecule has 2 heterocycles. The van der Waals surface area contributed by atoms with E-state index in [0.29, 0.717) is 6.42 Å². The first-order valence-corrected chi connectivity index (χ1v) is 13.7. The maximum atomic E-state index is 13.0. The Bertz CT molecular complexity index is 870. The number of nitrogens with zero attached hydrogens (tertiary/aromatic N) is 1.